The van der Waals surface area contributed by atoms with Crippen molar-refractivity contribution in [3.05, 3.63) is 73.3 Å². The molecule has 0 aliphatic rings. The normalized spacial score (nSPS) is 10.0. The van der Waals surface area contributed by atoms with E-state index in [1.54, 1.807) is 36.7 Å². The Morgan fingerprint density at radius 1 is 0.909 bits per heavy atom. The fourth-order valence-corrected chi connectivity index (χ4v) is 1.95. The lowest BCUT2D eigenvalue weighted by molar-refractivity contribution is 0.258. The van der Waals surface area contributed by atoms with Crippen molar-refractivity contribution in [3.63, 3.8) is 0 Å². The predicted molar refractivity (Wildman–Crippen MR) is 83.9 cm³/mol. The second kappa shape index (κ2) is 6.45. The van der Waals surface area contributed by atoms with Crippen molar-refractivity contribution < 1.29 is 4.79 Å². The Morgan fingerprint density at radius 3 is 2.41 bits per heavy atom. The van der Waals surface area contributed by atoms with Crippen molar-refractivity contribution in [2.45, 2.75) is 0 Å². The minimum Gasteiger partial charge on any atom is -0.292 e. The molecule has 0 bridgehead atoms. The number of aromatic nitrogens is 3. The molecule has 0 atom stereocenters. The van der Waals surface area contributed by atoms with E-state index in [-0.39, 0.29) is 6.03 Å². The summed E-state index contributed by atoms with van der Waals surface area (Å²) >= 11 is 0. The van der Waals surface area contributed by atoms with Gasteiger partial charge >= 0.3 is 6.03 Å². The monoisotopic (exact) mass is 291 g/mol. The molecular weight excluding hydrogens is 278 g/mol. The molecule has 22 heavy (non-hydrogen) atoms. The van der Waals surface area contributed by atoms with E-state index in [9.17, 15) is 4.79 Å². The van der Waals surface area contributed by atoms with Gasteiger partial charge in [0, 0.05) is 12.4 Å². The summed E-state index contributed by atoms with van der Waals surface area (Å²) in [5.74, 6) is 0.956. The second-order valence-corrected chi connectivity index (χ2v) is 4.38. The zero-order chi connectivity index (χ0) is 15.2. The van der Waals surface area contributed by atoms with Crippen LogP contribution in [0, 0.1) is 0 Å². The number of benzene rings is 1. The highest BCUT2D eigenvalue weighted by molar-refractivity contribution is 6.05. The van der Waals surface area contributed by atoms with Crippen LogP contribution in [-0.4, -0.2) is 21.0 Å². The van der Waals surface area contributed by atoms with Gasteiger partial charge in [-0.25, -0.2) is 24.6 Å². The summed E-state index contributed by atoms with van der Waals surface area (Å²) in [5, 5.41) is 2.75. The number of nitrogens with one attached hydrogen (secondary N) is 1. The molecule has 6 nitrogen and oxygen atoms in total. The summed E-state index contributed by atoms with van der Waals surface area (Å²) in [6.07, 6.45) is 4.61. The Labute approximate surface area is 127 Å². The standard InChI is InChI=1S/C16H13N5O/c22-16(20-14-8-4-5-10-18-14)21(13-6-2-1-3-7-13)15-9-11-17-12-19-15/h1-12H,(H,18,20,22). The molecule has 2 amide bonds. The van der Waals surface area contributed by atoms with Gasteiger partial charge in [-0.05, 0) is 30.3 Å². The molecule has 1 N–H and O–H groups in total. The average molecular weight is 291 g/mol. The van der Waals surface area contributed by atoms with Crippen LogP contribution in [0.2, 0.25) is 0 Å². The van der Waals surface area contributed by atoms with Crippen molar-refractivity contribution in [3.8, 4) is 0 Å². The van der Waals surface area contributed by atoms with E-state index >= 15 is 0 Å². The van der Waals surface area contributed by atoms with E-state index in [4.69, 9.17) is 0 Å². The zero-order valence-corrected chi connectivity index (χ0v) is 11.6. The lowest BCUT2D eigenvalue weighted by atomic mass is 10.3. The Morgan fingerprint density at radius 2 is 1.73 bits per heavy atom. The van der Waals surface area contributed by atoms with Crippen LogP contribution in [0.25, 0.3) is 0 Å². The molecule has 2 heterocycles. The fourth-order valence-electron chi connectivity index (χ4n) is 1.95. The molecule has 2 aromatic heterocycles. The zero-order valence-electron chi connectivity index (χ0n) is 11.6. The van der Waals surface area contributed by atoms with E-state index in [2.05, 4.69) is 20.3 Å². The Balaban J connectivity index is 1.94. The number of amides is 2. The first-order chi connectivity index (χ1) is 10.8. The van der Waals surface area contributed by atoms with Gasteiger partial charge in [0.05, 0.1) is 5.69 Å². The topological polar surface area (TPSA) is 71.0 Å². The van der Waals surface area contributed by atoms with Crippen molar-refractivity contribution in [2.75, 3.05) is 10.2 Å². The Hall–Kier alpha value is -3.28. The van der Waals surface area contributed by atoms with E-state index in [0.29, 0.717) is 17.3 Å². The Kier molecular flexibility index (Phi) is 4.01. The maximum Gasteiger partial charge on any atom is 0.333 e. The largest absolute Gasteiger partial charge is 0.333 e. The first kappa shape index (κ1) is 13.7. The number of carbonyl (C=O) groups excluding carboxylic acids is 1. The summed E-state index contributed by atoms with van der Waals surface area (Å²) < 4.78 is 0. The van der Waals surface area contributed by atoms with Gasteiger partial charge in [-0.15, -0.1) is 0 Å². The van der Waals surface area contributed by atoms with Crippen molar-refractivity contribution in [1.82, 2.24) is 15.0 Å². The van der Waals surface area contributed by atoms with Crippen molar-refractivity contribution >= 4 is 23.4 Å². The molecule has 6 heteroatoms. The lowest BCUT2D eigenvalue weighted by Crippen LogP contribution is -2.31. The fraction of sp³-hybridized carbons (Fsp3) is 0. The molecular formula is C16H13N5O. The third-order valence-corrected chi connectivity index (χ3v) is 2.91. The van der Waals surface area contributed by atoms with E-state index in [1.807, 2.05) is 30.3 Å². The number of pyridine rings is 1. The molecule has 1 aromatic carbocycles. The smallest absolute Gasteiger partial charge is 0.292 e. The number of hydrogen-bond donors (Lipinski definition) is 1. The van der Waals surface area contributed by atoms with Crippen LogP contribution in [0.4, 0.5) is 22.1 Å². The van der Waals surface area contributed by atoms with Crippen molar-refractivity contribution in [2.24, 2.45) is 0 Å². The van der Waals surface area contributed by atoms with Gasteiger partial charge in [-0.1, -0.05) is 24.3 Å². The number of urea groups is 1. The Bertz CT molecular complexity index is 695. The minimum absolute atomic E-state index is 0.344. The highest BCUT2D eigenvalue weighted by atomic mass is 16.2. The molecule has 0 spiro atoms. The SMILES string of the molecule is O=C(Nc1ccccn1)N(c1ccccc1)c1ccncn1. The summed E-state index contributed by atoms with van der Waals surface area (Å²) in [5.41, 5.74) is 0.703. The van der Waals surface area contributed by atoms with Gasteiger partial charge in [0.15, 0.2) is 0 Å². The number of carbonyl (C=O) groups is 1. The van der Waals surface area contributed by atoms with Crippen LogP contribution in [0.1, 0.15) is 0 Å². The van der Waals surface area contributed by atoms with Gasteiger partial charge in [0.2, 0.25) is 0 Å². The third-order valence-electron chi connectivity index (χ3n) is 2.91. The number of rotatable bonds is 3. The molecule has 108 valence electrons. The molecule has 3 aromatic rings. The molecule has 0 saturated heterocycles. The third kappa shape index (κ3) is 3.06. The summed E-state index contributed by atoms with van der Waals surface area (Å²) in [6.45, 7) is 0. The highest BCUT2D eigenvalue weighted by Crippen LogP contribution is 2.23. The van der Waals surface area contributed by atoms with E-state index < -0.39 is 0 Å². The number of nitrogens with zero attached hydrogens (tertiary/aromatic N) is 4. The maximum absolute atomic E-state index is 12.6. The van der Waals surface area contributed by atoms with Crippen LogP contribution < -0.4 is 10.2 Å². The van der Waals surface area contributed by atoms with Gasteiger partial charge in [0.1, 0.15) is 18.0 Å². The van der Waals surface area contributed by atoms with Crippen LogP contribution in [0.3, 0.4) is 0 Å². The number of anilines is 3. The van der Waals surface area contributed by atoms with Gasteiger partial charge < -0.3 is 0 Å². The van der Waals surface area contributed by atoms with Crippen LogP contribution in [0.5, 0.6) is 0 Å². The van der Waals surface area contributed by atoms with E-state index in [1.165, 1.54) is 11.2 Å². The molecule has 0 saturated carbocycles. The predicted octanol–water partition coefficient (Wildman–Crippen LogP) is 3.24. The number of hydrogen-bond acceptors (Lipinski definition) is 4. The summed E-state index contributed by atoms with van der Waals surface area (Å²) in [6, 6.07) is 15.9. The molecule has 0 aliphatic carbocycles. The first-order valence-electron chi connectivity index (χ1n) is 6.68. The molecule has 0 fully saturated rings. The van der Waals surface area contributed by atoms with E-state index in [0.717, 1.165) is 0 Å². The minimum atomic E-state index is -0.344. The lowest BCUT2D eigenvalue weighted by Gasteiger charge is -2.21. The van der Waals surface area contributed by atoms with Gasteiger partial charge in [-0.3, -0.25) is 5.32 Å². The van der Waals surface area contributed by atoms with Gasteiger partial charge in [-0.2, -0.15) is 0 Å². The number of para-hydroxylation sites is 1. The second-order valence-electron chi connectivity index (χ2n) is 4.38. The van der Waals surface area contributed by atoms with Crippen LogP contribution in [-0.2, 0) is 0 Å². The van der Waals surface area contributed by atoms with Gasteiger partial charge in [0.25, 0.3) is 0 Å². The molecule has 0 radical (unpaired) electrons. The van der Waals surface area contributed by atoms with Crippen LogP contribution in [0.15, 0.2) is 73.3 Å². The van der Waals surface area contributed by atoms with Crippen molar-refractivity contribution in [1.29, 1.82) is 0 Å². The molecule has 0 unspecified atom stereocenters. The average Bonchev–Trinajstić information content (AvgIpc) is 2.58. The highest BCUT2D eigenvalue weighted by Gasteiger charge is 2.19. The summed E-state index contributed by atoms with van der Waals surface area (Å²) in [7, 11) is 0. The quantitative estimate of drug-likeness (QED) is 0.804. The molecule has 3 rings (SSSR count). The van der Waals surface area contributed by atoms with Crippen LogP contribution >= 0.6 is 0 Å². The maximum atomic E-state index is 12.6. The molecule has 0 aliphatic heterocycles. The summed E-state index contributed by atoms with van der Waals surface area (Å²) in [4.78, 5) is 26.2. The first-order valence-corrected chi connectivity index (χ1v) is 6.68.